The molecule has 0 aliphatic rings. The minimum absolute atomic E-state index is 0.0469. The van der Waals surface area contributed by atoms with Crippen molar-refractivity contribution in [2.75, 3.05) is 11.9 Å². The second kappa shape index (κ2) is 6.45. The van der Waals surface area contributed by atoms with Crippen LogP contribution in [0.25, 0.3) is 0 Å². The Bertz CT molecular complexity index is 725. The minimum Gasteiger partial charge on any atom is -0.492 e. The van der Waals surface area contributed by atoms with Gasteiger partial charge in [0, 0.05) is 23.6 Å². The van der Waals surface area contributed by atoms with Crippen LogP contribution in [0.4, 0.5) is 5.69 Å². The SMILES string of the molecule is CCOc1ccc(NC(=O)c2c[nH]c(C)cc2=O)cc1Cl. The first-order valence-electron chi connectivity index (χ1n) is 6.44. The number of amides is 1. The molecule has 1 heterocycles. The highest BCUT2D eigenvalue weighted by molar-refractivity contribution is 6.32. The van der Waals surface area contributed by atoms with E-state index in [9.17, 15) is 9.59 Å². The number of hydrogen-bond acceptors (Lipinski definition) is 3. The highest BCUT2D eigenvalue weighted by Crippen LogP contribution is 2.27. The Hall–Kier alpha value is -2.27. The Labute approximate surface area is 126 Å². The predicted octanol–water partition coefficient (Wildman–Crippen LogP) is 2.99. The van der Waals surface area contributed by atoms with Gasteiger partial charge in [-0.3, -0.25) is 9.59 Å². The van der Waals surface area contributed by atoms with E-state index in [4.69, 9.17) is 16.3 Å². The molecule has 0 aliphatic heterocycles. The van der Waals surface area contributed by atoms with Gasteiger partial charge in [-0.15, -0.1) is 0 Å². The van der Waals surface area contributed by atoms with Gasteiger partial charge in [0.1, 0.15) is 11.3 Å². The summed E-state index contributed by atoms with van der Waals surface area (Å²) in [4.78, 5) is 26.7. The van der Waals surface area contributed by atoms with Crippen molar-refractivity contribution in [1.82, 2.24) is 4.98 Å². The molecule has 5 nitrogen and oxygen atoms in total. The molecule has 0 fully saturated rings. The van der Waals surface area contributed by atoms with Crippen LogP contribution in [0.15, 0.2) is 35.3 Å². The van der Waals surface area contributed by atoms with E-state index in [-0.39, 0.29) is 11.0 Å². The number of H-pyrrole nitrogens is 1. The lowest BCUT2D eigenvalue weighted by molar-refractivity contribution is 0.102. The van der Waals surface area contributed by atoms with Crippen LogP contribution >= 0.6 is 11.6 Å². The molecule has 0 atom stereocenters. The molecule has 0 aliphatic carbocycles. The number of rotatable bonds is 4. The van der Waals surface area contributed by atoms with Gasteiger partial charge in [0.05, 0.1) is 11.6 Å². The van der Waals surface area contributed by atoms with Crippen molar-refractivity contribution in [2.24, 2.45) is 0 Å². The van der Waals surface area contributed by atoms with Crippen LogP contribution in [-0.2, 0) is 0 Å². The van der Waals surface area contributed by atoms with E-state index in [2.05, 4.69) is 10.3 Å². The summed E-state index contributed by atoms with van der Waals surface area (Å²) < 4.78 is 5.31. The fraction of sp³-hybridized carbons (Fsp3) is 0.200. The van der Waals surface area contributed by atoms with E-state index in [0.717, 1.165) is 0 Å². The van der Waals surface area contributed by atoms with E-state index in [1.807, 2.05) is 6.92 Å². The molecule has 0 unspecified atom stereocenters. The molecule has 110 valence electrons. The zero-order valence-corrected chi connectivity index (χ0v) is 12.5. The first-order chi connectivity index (χ1) is 10.0. The van der Waals surface area contributed by atoms with Crippen LogP contribution < -0.4 is 15.5 Å². The lowest BCUT2D eigenvalue weighted by Crippen LogP contribution is -2.21. The topological polar surface area (TPSA) is 71.2 Å². The first-order valence-corrected chi connectivity index (χ1v) is 6.82. The summed E-state index contributed by atoms with van der Waals surface area (Å²) in [6.07, 6.45) is 1.39. The molecular weight excluding hydrogens is 292 g/mol. The Kier molecular flexibility index (Phi) is 4.65. The number of aromatic amines is 1. The third-order valence-corrected chi connectivity index (χ3v) is 3.09. The largest absolute Gasteiger partial charge is 0.492 e. The van der Waals surface area contributed by atoms with E-state index in [1.165, 1.54) is 12.3 Å². The highest BCUT2D eigenvalue weighted by atomic mass is 35.5. The van der Waals surface area contributed by atoms with E-state index >= 15 is 0 Å². The number of carbonyl (C=O) groups is 1. The maximum Gasteiger partial charge on any atom is 0.261 e. The van der Waals surface area contributed by atoms with E-state index in [0.29, 0.717) is 28.8 Å². The summed E-state index contributed by atoms with van der Waals surface area (Å²) in [5.41, 5.74) is 0.903. The third kappa shape index (κ3) is 3.64. The zero-order chi connectivity index (χ0) is 15.4. The van der Waals surface area contributed by atoms with Crippen LogP contribution in [-0.4, -0.2) is 17.5 Å². The number of ether oxygens (including phenoxy) is 1. The van der Waals surface area contributed by atoms with Crippen LogP contribution in [0.1, 0.15) is 23.0 Å². The molecule has 0 radical (unpaired) electrons. The van der Waals surface area contributed by atoms with Crippen LogP contribution in [0.3, 0.4) is 0 Å². The number of halogens is 1. The van der Waals surface area contributed by atoms with Crippen molar-refractivity contribution >= 4 is 23.2 Å². The van der Waals surface area contributed by atoms with Gasteiger partial charge in [-0.25, -0.2) is 0 Å². The number of aromatic nitrogens is 1. The number of anilines is 1. The summed E-state index contributed by atoms with van der Waals surface area (Å²) in [7, 11) is 0. The Morgan fingerprint density at radius 3 is 2.76 bits per heavy atom. The number of carbonyl (C=O) groups excluding carboxylic acids is 1. The van der Waals surface area contributed by atoms with Crippen molar-refractivity contribution in [3.8, 4) is 5.75 Å². The Morgan fingerprint density at radius 1 is 1.38 bits per heavy atom. The smallest absolute Gasteiger partial charge is 0.261 e. The molecule has 2 rings (SSSR count). The molecule has 0 spiro atoms. The Morgan fingerprint density at radius 2 is 2.14 bits per heavy atom. The zero-order valence-electron chi connectivity index (χ0n) is 11.7. The molecule has 0 saturated heterocycles. The van der Waals surface area contributed by atoms with Gasteiger partial charge in [0.15, 0.2) is 5.43 Å². The molecule has 0 saturated carbocycles. The molecule has 2 N–H and O–H groups in total. The fourth-order valence-corrected chi connectivity index (χ4v) is 2.04. The summed E-state index contributed by atoms with van der Waals surface area (Å²) in [5.74, 6) is 0.0572. The lowest BCUT2D eigenvalue weighted by atomic mass is 10.2. The van der Waals surface area contributed by atoms with E-state index in [1.54, 1.807) is 25.1 Å². The van der Waals surface area contributed by atoms with E-state index < -0.39 is 5.91 Å². The van der Waals surface area contributed by atoms with Gasteiger partial charge in [-0.05, 0) is 32.0 Å². The van der Waals surface area contributed by atoms with Gasteiger partial charge >= 0.3 is 0 Å². The predicted molar refractivity (Wildman–Crippen MR) is 82.4 cm³/mol. The number of nitrogens with one attached hydrogen (secondary N) is 2. The third-order valence-electron chi connectivity index (χ3n) is 2.79. The van der Waals surface area contributed by atoms with Crippen molar-refractivity contribution < 1.29 is 9.53 Å². The monoisotopic (exact) mass is 306 g/mol. The molecule has 1 aromatic carbocycles. The molecule has 21 heavy (non-hydrogen) atoms. The molecule has 6 heteroatoms. The van der Waals surface area contributed by atoms with Crippen molar-refractivity contribution in [1.29, 1.82) is 0 Å². The van der Waals surface area contributed by atoms with Crippen LogP contribution in [0, 0.1) is 6.92 Å². The van der Waals surface area contributed by atoms with Crippen molar-refractivity contribution in [3.05, 3.63) is 57.0 Å². The highest BCUT2D eigenvalue weighted by Gasteiger charge is 2.11. The maximum atomic E-state index is 12.1. The first kappa shape index (κ1) is 15.1. The summed E-state index contributed by atoms with van der Waals surface area (Å²) in [6.45, 7) is 4.11. The van der Waals surface area contributed by atoms with Gasteiger partial charge in [-0.2, -0.15) is 0 Å². The normalized spacial score (nSPS) is 10.2. The number of aryl methyl sites for hydroxylation is 1. The second-order valence-corrected chi connectivity index (χ2v) is 4.83. The van der Waals surface area contributed by atoms with Gasteiger partial charge in [-0.1, -0.05) is 11.6 Å². The number of hydrogen-bond donors (Lipinski definition) is 2. The standard InChI is InChI=1S/C15H15ClN2O3/c1-3-21-14-5-4-10(7-12(14)16)18-15(20)11-8-17-9(2)6-13(11)19/h4-8H,3H2,1-2H3,(H,17,19)(H,18,20). The maximum absolute atomic E-state index is 12.1. The van der Waals surface area contributed by atoms with Crippen LogP contribution in [0.2, 0.25) is 5.02 Å². The summed E-state index contributed by atoms with van der Waals surface area (Å²) in [5, 5.41) is 3.03. The quantitative estimate of drug-likeness (QED) is 0.912. The second-order valence-electron chi connectivity index (χ2n) is 4.43. The summed E-state index contributed by atoms with van der Waals surface area (Å²) in [6, 6.07) is 6.28. The molecular formula is C15H15ClN2O3. The molecule has 1 amide bonds. The van der Waals surface area contributed by atoms with Gasteiger partial charge < -0.3 is 15.0 Å². The molecule has 0 bridgehead atoms. The Balaban J connectivity index is 2.19. The van der Waals surface area contributed by atoms with Gasteiger partial charge in [0.25, 0.3) is 5.91 Å². The van der Waals surface area contributed by atoms with Gasteiger partial charge in [0.2, 0.25) is 0 Å². The molecule has 2 aromatic rings. The fourth-order valence-electron chi connectivity index (χ4n) is 1.80. The number of benzene rings is 1. The van der Waals surface area contributed by atoms with Crippen LogP contribution in [0.5, 0.6) is 5.75 Å². The molecule has 1 aromatic heterocycles. The average molecular weight is 307 g/mol. The lowest BCUT2D eigenvalue weighted by Gasteiger charge is -2.09. The summed E-state index contributed by atoms with van der Waals surface area (Å²) >= 11 is 6.05. The van der Waals surface area contributed by atoms with Crippen molar-refractivity contribution in [3.63, 3.8) is 0 Å². The van der Waals surface area contributed by atoms with Crippen molar-refractivity contribution in [2.45, 2.75) is 13.8 Å². The average Bonchev–Trinajstić information content (AvgIpc) is 2.41. The number of pyridine rings is 1. The minimum atomic E-state index is -0.489.